The Kier molecular flexibility index (Phi) is 7.14. The van der Waals surface area contributed by atoms with E-state index in [1.165, 1.54) is 36.4 Å². The largest absolute Gasteiger partial charge is 0.292 e. The van der Waals surface area contributed by atoms with Crippen LogP contribution < -0.4 is 0 Å². The SMILES string of the molecule is O=C(c1ccc(F)cc1)[C@@H](CCCl)N(C(=O)c1ccc(Cl)cc1)N1C(=O)[C@H]2CC=CC[C@H]2C1=O. The van der Waals surface area contributed by atoms with Gasteiger partial charge < -0.3 is 0 Å². The summed E-state index contributed by atoms with van der Waals surface area (Å²) in [7, 11) is 0. The molecule has 0 N–H and O–H groups in total. The van der Waals surface area contributed by atoms with Crippen LogP contribution in [0, 0.1) is 17.7 Å². The zero-order chi connectivity index (χ0) is 24.4. The Morgan fingerprint density at radius 3 is 2.00 bits per heavy atom. The zero-order valence-corrected chi connectivity index (χ0v) is 19.5. The number of ketones is 1. The molecule has 9 heteroatoms. The summed E-state index contributed by atoms with van der Waals surface area (Å²) in [5.41, 5.74) is 0.271. The van der Waals surface area contributed by atoms with Crippen molar-refractivity contribution in [2.45, 2.75) is 25.3 Å². The quantitative estimate of drug-likeness (QED) is 0.238. The number of allylic oxidation sites excluding steroid dienone is 2. The Bertz CT molecular complexity index is 1120. The molecule has 1 fully saturated rings. The van der Waals surface area contributed by atoms with E-state index in [0.717, 1.165) is 22.2 Å². The van der Waals surface area contributed by atoms with Gasteiger partial charge in [-0.15, -0.1) is 11.6 Å². The van der Waals surface area contributed by atoms with Gasteiger partial charge in [0.25, 0.3) is 17.7 Å². The van der Waals surface area contributed by atoms with E-state index >= 15 is 0 Å². The Morgan fingerprint density at radius 2 is 1.47 bits per heavy atom. The van der Waals surface area contributed by atoms with E-state index in [2.05, 4.69) is 0 Å². The van der Waals surface area contributed by atoms with Crippen molar-refractivity contribution >= 4 is 46.7 Å². The maximum Gasteiger partial charge on any atom is 0.273 e. The second-order valence-electron chi connectivity index (χ2n) is 8.17. The van der Waals surface area contributed by atoms with Crippen LogP contribution in [0.1, 0.15) is 40.0 Å². The predicted octanol–water partition coefficient (Wildman–Crippen LogP) is 4.67. The van der Waals surface area contributed by atoms with Crippen molar-refractivity contribution in [3.05, 3.63) is 82.6 Å². The predicted molar refractivity (Wildman–Crippen MR) is 125 cm³/mol. The summed E-state index contributed by atoms with van der Waals surface area (Å²) in [6.07, 6.45) is 4.39. The van der Waals surface area contributed by atoms with E-state index in [-0.39, 0.29) is 23.4 Å². The first-order chi connectivity index (χ1) is 16.3. The number of benzene rings is 2. The number of hydrogen-bond acceptors (Lipinski definition) is 4. The molecule has 34 heavy (non-hydrogen) atoms. The molecule has 4 rings (SSSR count). The third kappa shape index (κ3) is 4.50. The Labute approximate surface area is 205 Å². The lowest BCUT2D eigenvalue weighted by Gasteiger charge is -2.36. The highest BCUT2D eigenvalue weighted by molar-refractivity contribution is 6.30. The molecule has 3 atom stereocenters. The molecule has 1 aliphatic carbocycles. The van der Waals surface area contributed by atoms with E-state index in [9.17, 15) is 23.6 Å². The summed E-state index contributed by atoms with van der Waals surface area (Å²) in [4.78, 5) is 53.9. The average molecular weight is 503 g/mol. The molecule has 1 saturated heterocycles. The van der Waals surface area contributed by atoms with Crippen molar-refractivity contribution in [1.29, 1.82) is 0 Å². The number of amides is 3. The molecule has 0 radical (unpaired) electrons. The van der Waals surface area contributed by atoms with Crippen LogP contribution in [0.4, 0.5) is 4.39 Å². The van der Waals surface area contributed by atoms with Gasteiger partial charge in [0, 0.05) is 22.0 Å². The minimum atomic E-state index is -1.26. The number of carbonyl (C=O) groups is 4. The Morgan fingerprint density at radius 1 is 0.941 bits per heavy atom. The standard InChI is InChI=1S/C25H21Cl2FN2O4/c26-14-13-21(22(31)15-7-11-18(28)12-8-15)29(23(32)16-5-9-17(27)10-6-16)30-24(33)19-3-1-2-4-20(19)25(30)34/h1-2,5-12,19-21H,3-4,13-14H2/t19-,20+,21-/m1/s1. The topological polar surface area (TPSA) is 74.8 Å². The minimum absolute atomic E-state index is 0.0212. The molecule has 0 aromatic heterocycles. The highest BCUT2D eigenvalue weighted by Gasteiger charge is 2.53. The van der Waals surface area contributed by atoms with Crippen LogP contribution in [0.15, 0.2) is 60.7 Å². The number of nitrogens with zero attached hydrogens (tertiary/aromatic N) is 2. The summed E-state index contributed by atoms with van der Waals surface area (Å²) >= 11 is 12.0. The van der Waals surface area contributed by atoms with E-state index < -0.39 is 47.2 Å². The average Bonchev–Trinajstić information content (AvgIpc) is 3.09. The molecule has 1 heterocycles. The Balaban J connectivity index is 1.80. The molecule has 3 amide bonds. The van der Waals surface area contributed by atoms with Gasteiger partial charge in [0.2, 0.25) is 0 Å². The molecular weight excluding hydrogens is 482 g/mol. The summed E-state index contributed by atoms with van der Waals surface area (Å²) in [6.45, 7) is 0. The maximum absolute atomic E-state index is 13.7. The third-order valence-electron chi connectivity index (χ3n) is 6.11. The number of Topliss-reactive ketones (excluding diaryl/α,β-unsaturated/α-hetero) is 1. The van der Waals surface area contributed by atoms with Crippen LogP contribution >= 0.6 is 23.2 Å². The van der Waals surface area contributed by atoms with Gasteiger partial charge in [-0.1, -0.05) is 23.8 Å². The molecule has 0 saturated carbocycles. The van der Waals surface area contributed by atoms with Crippen LogP contribution in [0.2, 0.25) is 5.02 Å². The monoisotopic (exact) mass is 502 g/mol. The number of halogens is 3. The second kappa shape index (κ2) is 10.1. The lowest BCUT2D eigenvalue weighted by atomic mass is 9.85. The third-order valence-corrected chi connectivity index (χ3v) is 6.58. The fraction of sp³-hybridized carbons (Fsp3) is 0.280. The van der Waals surface area contributed by atoms with Crippen LogP contribution in [0.5, 0.6) is 0 Å². The second-order valence-corrected chi connectivity index (χ2v) is 8.98. The highest BCUT2D eigenvalue weighted by Crippen LogP contribution is 2.37. The van der Waals surface area contributed by atoms with Gasteiger partial charge in [-0.25, -0.2) is 9.40 Å². The number of hydrogen-bond donors (Lipinski definition) is 0. The fourth-order valence-electron chi connectivity index (χ4n) is 4.37. The van der Waals surface area contributed by atoms with Crippen molar-refractivity contribution in [2.24, 2.45) is 11.8 Å². The van der Waals surface area contributed by atoms with Crippen LogP contribution in [0.3, 0.4) is 0 Å². The first kappa shape index (κ1) is 24.1. The number of fused-ring (bicyclic) bond motifs is 1. The fourth-order valence-corrected chi connectivity index (χ4v) is 4.70. The molecule has 176 valence electrons. The van der Waals surface area contributed by atoms with Gasteiger partial charge in [0.05, 0.1) is 11.8 Å². The molecule has 0 unspecified atom stereocenters. The van der Waals surface area contributed by atoms with Gasteiger partial charge in [0.15, 0.2) is 5.78 Å². The maximum atomic E-state index is 13.7. The van der Waals surface area contributed by atoms with Crippen molar-refractivity contribution < 1.29 is 23.6 Å². The summed E-state index contributed by atoms with van der Waals surface area (Å²) in [6, 6.07) is 9.50. The van der Waals surface area contributed by atoms with Gasteiger partial charge >= 0.3 is 0 Å². The molecule has 0 spiro atoms. The van der Waals surface area contributed by atoms with Gasteiger partial charge in [-0.2, -0.15) is 5.01 Å². The first-order valence-electron chi connectivity index (χ1n) is 10.8. The molecule has 2 aliphatic rings. The molecule has 0 bridgehead atoms. The molecule has 2 aromatic carbocycles. The number of rotatable bonds is 7. The van der Waals surface area contributed by atoms with Crippen LogP contribution in [-0.4, -0.2) is 45.4 Å². The van der Waals surface area contributed by atoms with Gasteiger partial charge in [-0.3, -0.25) is 19.2 Å². The lowest BCUT2D eigenvalue weighted by Crippen LogP contribution is -2.57. The van der Waals surface area contributed by atoms with Crippen molar-refractivity contribution in [3.8, 4) is 0 Å². The minimum Gasteiger partial charge on any atom is -0.292 e. The summed E-state index contributed by atoms with van der Waals surface area (Å²) < 4.78 is 13.4. The summed E-state index contributed by atoms with van der Waals surface area (Å²) in [5, 5.41) is 2.14. The summed E-state index contributed by atoms with van der Waals surface area (Å²) in [5.74, 6) is -4.09. The Hall–Kier alpha value is -3.03. The highest BCUT2D eigenvalue weighted by atomic mass is 35.5. The van der Waals surface area contributed by atoms with Crippen LogP contribution in [-0.2, 0) is 9.59 Å². The van der Waals surface area contributed by atoms with E-state index in [0.29, 0.717) is 17.9 Å². The van der Waals surface area contributed by atoms with Crippen LogP contribution in [0.25, 0.3) is 0 Å². The number of carbonyl (C=O) groups excluding carboxylic acids is 4. The lowest BCUT2D eigenvalue weighted by molar-refractivity contribution is -0.156. The molecular formula is C25H21Cl2FN2O4. The van der Waals surface area contributed by atoms with Crippen molar-refractivity contribution in [1.82, 2.24) is 10.0 Å². The van der Waals surface area contributed by atoms with E-state index in [1.54, 1.807) is 0 Å². The number of imide groups is 1. The normalized spacial score (nSPS) is 20.3. The first-order valence-corrected chi connectivity index (χ1v) is 11.7. The molecule has 6 nitrogen and oxygen atoms in total. The number of hydrazine groups is 1. The van der Waals surface area contributed by atoms with E-state index in [4.69, 9.17) is 23.2 Å². The molecule has 1 aliphatic heterocycles. The molecule has 2 aromatic rings. The van der Waals surface area contributed by atoms with Gasteiger partial charge in [-0.05, 0) is 67.8 Å². The smallest absolute Gasteiger partial charge is 0.273 e. The van der Waals surface area contributed by atoms with E-state index in [1.807, 2.05) is 12.2 Å². The zero-order valence-electron chi connectivity index (χ0n) is 18.0. The van der Waals surface area contributed by atoms with Gasteiger partial charge in [0.1, 0.15) is 11.9 Å². The van der Waals surface area contributed by atoms with Crippen molar-refractivity contribution in [3.63, 3.8) is 0 Å². The number of alkyl halides is 1. The van der Waals surface area contributed by atoms with Crippen molar-refractivity contribution in [2.75, 3.05) is 5.88 Å².